The predicted molar refractivity (Wildman–Crippen MR) is 126 cm³/mol. The van der Waals surface area contributed by atoms with E-state index >= 15 is 0 Å². The molecule has 174 valence electrons. The summed E-state index contributed by atoms with van der Waals surface area (Å²) in [6.45, 7) is 0.231. The van der Waals surface area contributed by atoms with Gasteiger partial charge in [0, 0.05) is 5.69 Å². The average molecular weight is 461 g/mol. The molecule has 2 amide bonds. The van der Waals surface area contributed by atoms with Gasteiger partial charge in [0.1, 0.15) is 18.1 Å². The van der Waals surface area contributed by atoms with Crippen LogP contribution in [0, 0.1) is 0 Å². The Kier molecular flexibility index (Phi) is 8.75. The van der Waals surface area contributed by atoms with Crippen molar-refractivity contribution in [2.45, 2.75) is 6.61 Å². The maximum atomic E-state index is 12.1. The molecule has 0 heterocycles. The molecule has 0 unspecified atom stereocenters. The molecule has 34 heavy (non-hydrogen) atoms. The molecular weight excluding hydrogens is 438 g/mol. The molecule has 0 aliphatic heterocycles. The van der Waals surface area contributed by atoms with Crippen LogP contribution in [0.25, 0.3) is 0 Å². The average Bonchev–Trinajstić information content (AvgIpc) is 2.88. The molecule has 3 aromatic rings. The van der Waals surface area contributed by atoms with Gasteiger partial charge in [-0.25, -0.2) is 10.2 Å². The fraction of sp³-hybridized carbons (Fsp3) is 0.120. The zero-order valence-corrected chi connectivity index (χ0v) is 18.4. The summed E-state index contributed by atoms with van der Waals surface area (Å²) in [7, 11) is 1.28. The highest BCUT2D eigenvalue weighted by Gasteiger charge is 2.13. The van der Waals surface area contributed by atoms with E-state index in [-0.39, 0.29) is 6.61 Å². The lowest BCUT2D eigenvalue weighted by molar-refractivity contribution is -0.142. The van der Waals surface area contributed by atoms with E-state index in [1.54, 1.807) is 48.5 Å². The van der Waals surface area contributed by atoms with Crippen LogP contribution in [-0.4, -0.2) is 37.7 Å². The number of amides is 2. The number of nitrogens with zero attached hydrogens (tertiary/aromatic N) is 1. The van der Waals surface area contributed by atoms with Crippen molar-refractivity contribution in [3.63, 3.8) is 0 Å². The lowest BCUT2D eigenvalue weighted by Crippen LogP contribution is -2.32. The molecule has 9 heteroatoms. The number of methoxy groups -OCH3 is 1. The van der Waals surface area contributed by atoms with Crippen molar-refractivity contribution in [3.8, 4) is 11.5 Å². The summed E-state index contributed by atoms with van der Waals surface area (Å²) < 4.78 is 15.4. The van der Waals surface area contributed by atoms with Crippen LogP contribution in [0.3, 0.4) is 0 Å². The van der Waals surface area contributed by atoms with Gasteiger partial charge in [-0.1, -0.05) is 30.3 Å². The zero-order valence-electron chi connectivity index (χ0n) is 18.4. The number of carbonyl (C=O) groups excluding carboxylic acids is 3. The highest BCUT2D eigenvalue weighted by atomic mass is 16.6. The first-order valence-electron chi connectivity index (χ1n) is 10.2. The summed E-state index contributed by atoms with van der Waals surface area (Å²) in [5.74, 6) is -1.15. The molecule has 0 saturated carbocycles. The third-order valence-corrected chi connectivity index (χ3v) is 4.41. The second kappa shape index (κ2) is 12.4. The normalized spacial score (nSPS) is 10.4. The molecule has 9 nitrogen and oxygen atoms in total. The minimum absolute atomic E-state index is 0.196. The largest absolute Gasteiger partial charge is 0.489 e. The van der Waals surface area contributed by atoms with Gasteiger partial charge in [0.05, 0.1) is 13.3 Å². The number of benzene rings is 3. The van der Waals surface area contributed by atoms with Crippen LogP contribution in [0.5, 0.6) is 11.5 Å². The van der Waals surface area contributed by atoms with E-state index in [0.29, 0.717) is 29.4 Å². The van der Waals surface area contributed by atoms with E-state index in [0.717, 1.165) is 5.56 Å². The van der Waals surface area contributed by atoms with E-state index in [4.69, 9.17) is 9.47 Å². The Balaban J connectivity index is 1.42. The SMILES string of the molecule is COC(=O)COc1ccc(/C=N\NC(=O)C(=O)Nc2ccc(OCc3ccccc3)cc2)cc1. The van der Waals surface area contributed by atoms with Gasteiger partial charge in [-0.05, 0) is 59.7 Å². The lowest BCUT2D eigenvalue weighted by Gasteiger charge is -2.08. The first-order valence-corrected chi connectivity index (χ1v) is 10.2. The van der Waals surface area contributed by atoms with Crippen molar-refractivity contribution < 1.29 is 28.6 Å². The summed E-state index contributed by atoms with van der Waals surface area (Å²) in [6.07, 6.45) is 1.37. The monoisotopic (exact) mass is 461 g/mol. The maximum Gasteiger partial charge on any atom is 0.343 e. The Labute approximate surface area is 196 Å². The molecule has 0 bridgehead atoms. The number of hydrogen-bond donors (Lipinski definition) is 2. The number of ether oxygens (including phenoxy) is 3. The van der Waals surface area contributed by atoms with Gasteiger partial charge in [0.25, 0.3) is 0 Å². The summed E-state index contributed by atoms with van der Waals surface area (Å²) >= 11 is 0. The van der Waals surface area contributed by atoms with Crippen molar-refractivity contribution in [1.82, 2.24) is 5.43 Å². The smallest absolute Gasteiger partial charge is 0.343 e. The van der Waals surface area contributed by atoms with Crippen molar-refractivity contribution in [2.24, 2.45) is 5.10 Å². The molecule has 0 atom stereocenters. The van der Waals surface area contributed by atoms with E-state index in [1.165, 1.54) is 13.3 Å². The van der Waals surface area contributed by atoms with Gasteiger partial charge in [0.2, 0.25) is 0 Å². The highest BCUT2D eigenvalue weighted by Crippen LogP contribution is 2.17. The highest BCUT2D eigenvalue weighted by molar-refractivity contribution is 6.39. The molecule has 2 N–H and O–H groups in total. The van der Waals surface area contributed by atoms with Crippen LogP contribution < -0.4 is 20.2 Å². The van der Waals surface area contributed by atoms with Gasteiger partial charge in [-0.2, -0.15) is 5.10 Å². The molecule has 3 rings (SSSR count). The maximum absolute atomic E-state index is 12.1. The summed E-state index contributed by atoms with van der Waals surface area (Å²) in [5, 5.41) is 6.26. The fourth-order valence-electron chi connectivity index (χ4n) is 2.63. The number of anilines is 1. The van der Waals surface area contributed by atoms with Gasteiger partial charge in [0.15, 0.2) is 6.61 Å². The van der Waals surface area contributed by atoms with Crippen LogP contribution in [0.4, 0.5) is 5.69 Å². The third-order valence-electron chi connectivity index (χ3n) is 4.41. The van der Waals surface area contributed by atoms with E-state index in [1.807, 2.05) is 30.3 Å². The second-order valence-electron chi connectivity index (χ2n) is 6.89. The summed E-state index contributed by atoms with van der Waals surface area (Å²) in [4.78, 5) is 35.1. The Hall–Kier alpha value is -4.66. The molecule has 0 fully saturated rings. The second-order valence-corrected chi connectivity index (χ2v) is 6.89. The number of hydrazone groups is 1. The zero-order chi connectivity index (χ0) is 24.2. The molecule has 0 saturated heterocycles. The van der Waals surface area contributed by atoms with Crippen LogP contribution >= 0.6 is 0 Å². The Morgan fingerprint density at radius 1 is 0.824 bits per heavy atom. The Morgan fingerprint density at radius 2 is 1.47 bits per heavy atom. The van der Waals surface area contributed by atoms with E-state index in [9.17, 15) is 14.4 Å². The van der Waals surface area contributed by atoms with Crippen molar-refractivity contribution in [2.75, 3.05) is 19.0 Å². The number of nitrogens with one attached hydrogen (secondary N) is 2. The number of rotatable bonds is 9. The van der Waals surface area contributed by atoms with Crippen LogP contribution in [0.2, 0.25) is 0 Å². The third kappa shape index (κ3) is 7.79. The van der Waals surface area contributed by atoms with Gasteiger partial charge < -0.3 is 19.5 Å². The number of esters is 1. The first kappa shape index (κ1) is 24.0. The lowest BCUT2D eigenvalue weighted by atomic mass is 10.2. The molecular formula is C25H23N3O6. The number of carbonyl (C=O) groups is 3. The van der Waals surface area contributed by atoms with Crippen molar-refractivity contribution in [3.05, 3.63) is 90.0 Å². The molecule has 0 spiro atoms. The molecule has 0 aliphatic carbocycles. The summed E-state index contributed by atoms with van der Waals surface area (Å²) in [5.41, 5.74) is 4.30. The molecule has 3 aromatic carbocycles. The fourth-order valence-corrected chi connectivity index (χ4v) is 2.63. The molecule has 0 aliphatic rings. The van der Waals surface area contributed by atoms with Gasteiger partial charge >= 0.3 is 17.8 Å². The standard InChI is InChI=1S/C25H23N3O6/c1-32-23(29)17-34-21-11-7-18(8-12-21)15-26-28-25(31)24(30)27-20-9-13-22(14-10-20)33-16-19-5-3-2-4-6-19/h2-15H,16-17H2,1H3,(H,27,30)(H,28,31)/b26-15-. The van der Waals surface area contributed by atoms with Crippen LogP contribution in [0.1, 0.15) is 11.1 Å². The van der Waals surface area contributed by atoms with Gasteiger partial charge in [-0.3, -0.25) is 9.59 Å². The first-order chi connectivity index (χ1) is 16.5. The van der Waals surface area contributed by atoms with Crippen LogP contribution in [-0.2, 0) is 25.7 Å². The van der Waals surface area contributed by atoms with Crippen molar-refractivity contribution >= 4 is 29.7 Å². The van der Waals surface area contributed by atoms with Crippen LogP contribution in [0.15, 0.2) is 84.0 Å². The molecule has 0 radical (unpaired) electrons. The Morgan fingerprint density at radius 3 is 2.15 bits per heavy atom. The minimum Gasteiger partial charge on any atom is -0.489 e. The van der Waals surface area contributed by atoms with E-state index in [2.05, 4.69) is 20.6 Å². The minimum atomic E-state index is -0.918. The Bertz CT molecular complexity index is 1130. The van der Waals surface area contributed by atoms with E-state index < -0.39 is 17.8 Å². The topological polar surface area (TPSA) is 115 Å². The van der Waals surface area contributed by atoms with Gasteiger partial charge in [-0.15, -0.1) is 0 Å². The number of hydrogen-bond acceptors (Lipinski definition) is 7. The quantitative estimate of drug-likeness (QED) is 0.219. The summed E-state index contributed by atoms with van der Waals surface area (Å²) in [6, 6.07) is 23.0. The predicted octanol–water partition coefficient (Wildman–Crippen LogP) is 2.91. The van der Waals surface area contributed by atoms with Crippen molar-refractivity contribution in [1.29, 1.82) is 0 Å². The molecule has 0 aromatic heterocycles.